The smallest absolute Gasteiger partial charge is 0.200 e. The zero-order chi connectivity index (χ0) is 11.7. The molecule has 2 aromatic carbocycles. The maximum absolute atomic E-state index is 13.1. The normalized spacial score (nSPS) is 10.4. The van der Waals surface area contributed by atoms with Gasteiger partial charge in [-0.3, -0.25) is 0 Å². The molecule has 4 heteroatoms. The van der Waals surface area contributed by atoms with Gasteiger partial charge in [-0.2, -0.15) is 4.39 Å². The number of nitrogen functional groups attached to an aromatic ring is 1. The highest BCUT2D eigenvalue weighted by Crippen LogP contribution is 2.28. The summed E-state index contributed by atoms with van der Waals surface area (Å²) in [4.78, 5) is 0. The number of benzene rings is 2. The maximum atomic E-state index is 13.1. The summed E-state index contributed by atoms with van der Waals surface area (Å²) < 4.78 is 25.9. The molecule has 0 aliphatic rings. The van der Waals surface area contributed by atoms with E-state index in [-0.39, 0.29) is 0 Å². The zero-order valence-corrected chi connectivity index (χ0v) is 8.24. The van der Waals surface area contributed by atoms with Crippen LogP contribution < -0.4 is 5.73 Å². The molecule has 0 saturated carbocycles. The summed E-state index contributed by atoms with van der Waals surface area (Å²) in [6.07, 6.45) is 0. The van der Waals surface area contributed by atoms with Gasteiger partial charge < -0.3 is 10.8 Å². The predicted molar refractivity (Wildman–Crippen MR) is 57.9 cm³/mol. The molecule has 16 heavy (non-hydrogen) atoms. The predicted octanol–water partition coefficient (Wildman–Crippen LogP) is 2.92. The molecule has 0 spiro atoms. The molecule has 2 rings (SSSR count). The molecule has 0 unspecified atom stereocenters. The van der Waals surface area contributed by atoms with Crippen molar-refractivity contribution in [3.05, 3.63) is 48.0 Å². The van der Waals surface area contributed by atoms with Crippen molar-refractivity contribution < 1.29 is 13.9 Å². The minimum Gasteiger partial charge on any atom is -0.505 e. The number of halogens is 2. The lowest BCUT2D eigenvalue weighted by molar-refractivity contribution is 0.407. The van der Waals surface area contributed by atoms with Crippen LogP contribution in [0.5, 0.6) is 5.75 Å². The van der Waals surface area contributed by atoms with E-state index >= 15 is 0 Å². The van der Waals surface area contributed by atoms with Crippen LogP contribution in [0.4, 0.5) is 14.5 Å². The Hall–Kier alpha value is -2.10. The van der Waals surface area contributed by atoms with Crippen LogP contribution in [0.1, 0.15) is 0 Å². The monoisotopic (exact) mass is 221 g/mol. The minimum atomic E-state index is -1.24. The molecular weight excluding hydrogens is 212 g/mol. The molecule has 0 aromatic heterocycles. The molecule has 82 valence electrons. The Bertz CT molecular complexity index is 517. The lowest BCUT2D eigenvalue weighted by atomic mass is 10.0. The van der Waals surface area contributed by atoms with Crippen LogP contribution in [0.25, 0.3) is 11.1 Å². The van der Waals surface area contributed by atoms with Crippen LogP contribution in [-0.2, 0) is 0 Å². The van der Waals surface area contributed by atoms with Crippen LogP contribution in [0.15, 0.2) is 36.4 Å². The summed E-state index contributed by atoms with van der Waals surface area (Å²) in [6.45, 7) is 0. The Morgan fingerprint density at radius 1 is 1.00 bits per heavy atom. The highest BCUT2D eigenvalue weighted by molar-refractivity contribution is 5.68. The average molecular weight is 221 g/mol. The Labute approximate surface area is 91.0 Å². The van der Waals surface area contributed by atoms with E-state index in [2.05, 4.69) is 0 Å². The Morgan fingerprint density at radius 3 is 2.38 bits per heavy atom. The van der Waals surface area contributed by atoms with Gasteiger partial charge in [0.2, 0.25) is 0 Å². The van der Waals surface area contributed by atoms with Gasteiger partial charge in [0.15, 0.2) is 17.4 Å². The van der Waals surface area contributed by atoms with Gasteiger partial charge in [-0.25, -0.2) is 4.39 Å². The van der Waals surface area contributed by atoms with Crippen molar-refractivity contribution in [2.24, 2.45) is 0 Å². The molecule has 0 heterocycles. The van der Waals surface area contributed by atoms with Crippen LogP contribution in [0.3, 0.4) is 0 Å². The van der Waals surface area contributed by atoms with Crippen molar-refractivity contribution in [2.45, 2.75) is 0 Å². The number of anilines is 1. The van der Waals surface area contributed by atoms with Crippen LogP contribution >= 0.6 is 0 Å². The second kappa shape index (κ2) is 3.81. The summed E-state index contributed by atoms with van der Waals surface area (Å²) in [6, 6.07) is 8.87. The number of phenols is 1. The van der Waals surface area contributed by atoms with Gasteiger partial charge in [0, 0.05) is 5.69 Å². The summed E-state index contributed by atoms with van der Waals surface area (Å²) in [5.41, 5.74) is 7.09. The Kier molecular flexibility index (Phi) is 2.48. The molecule has 0 fully saturated rings. The molecule has 0 aliphatic heterocycles. The average Bonchev–Trinajstić information content (AvgIpc) is 2.25. The Balaban J connectivity index is 2.57. The maximum Gasteiger partial charge on any atom is 0.200 e. The fourth-order valence-corrected chi connectivity index (χ4v) is 1.46. The van der Waals surface area contributed by atoms with Crippen molar-refractivity contribution in [3.8, 4) is 16.9 Å². The molecule has 2 aromatic rings. The van der Waals surface area contributed by atoms with Gasteiger partial charge in [0.1, 0.15) is 0 Å². The second-order valence-corrected chi connectivity index (χ2v) is 3.42. The molecular formula is C12H9F2NO. The fraction of sp³-hybridized carbons (Fsp3) is 0. The number of hydrogen-bond donors (Lipinski definition) is 2. The Morgan fingerprint density at radius 2 is 1.75 bits per heavy atom. The zero-order valence-electron chi connectivity index (χ0n) is 8.24. The van der Waals surface area contributed by atoms with Crippen LogP contribution in [0.2, 0.25) is 0 Å². The molecule has 0 atom stereocenters. The summed E-state index contributed by atoms with van der Waals surface area (Å²) >= 11 is 0. The second-order valence-electron chi connectivity index (χ2n) is 3.42. The molecule has 0 radical (unpaired) electrons. The van der Waals surface area contributed by atoms with E-state index in [9.17, 15) is 8.78 Å². The number of aromatic hydroxyl groups is 1. The SMILES string of the molecule is Nc1cccc(-c2cc(O)c(F)c(F)c2)c1. The highest BCUT2D eigenvalue weighted by Gasteiger charge is 2.10. The summed E-state index contributed by atoms with van der Waals surface area (Å²) in [5.74, 6) is -3.04. The largest absolute Gasteiger partial charge is 0.505 e. The molecule has 0 saturated heterocycles. The van der Waals surface area contributed by atoms with Crippen molar-refractivity contribution in [2.75, 3.05) is 5.73 Å². The third kappa shape index (κ3) is 1.82. The number of hydrogen-bond acceptors (Lipinski definition) is 2. The number of nitrogens with two attached hydrogens (primary N) is 1. The van der Waals surface area contributed by atoms with E-state index in [1.165, 1.54) is 0 Å². The van der Waals surface area contributed by atoms with Crippen molar-refractivity contribution in [1.29, 1.82) is 0 Å². The van der Waals surface area contributed by atoms with Crippen molar-refractivity contribution in [3.63, 3.8) is 0 Å². The van der Waals surface area contributed by atoms with Gasteiger partial charge in [-0.15, -0.1) is 0 Å². The standard InChI is InChI=1S/C12H9F2NO/c13-10-5-8(6-11(16)12(10)14)7-2-1-3-9(15)4-7/h1-6,16H,15H2. The third-order valence-corrected chi connectivity index (χ3v) is 2.23. The minimum absolute atomic E-state index is 0.378. The lowest BCUT2D eigenvalue weighted by Crippen LogP contribution is -1.89. The first-order valence-corrected chi connectivity index (χ1v) is 4.62. The first kappa shape index (κ1) is 10.4. The van der Waals surface area contributed by atoms with E-state index in [1.807, 2.05) is 0 Å². The van der Waals surface area contributed by atoms with Crippen molar-refractivity contribution >= 4 is 5.69 Å². The quantitative estimate of drug-likeness (QED) is 0.727. The van der Waals surface area contributed by atoms with Crippen LogP contribution in [-0.4, -0.2) is 5.11 Å². The fourth-order valence-electron chi connectivity index (χ4n) is 1.46. The number of rotatable bonds is 1. The first-order valence-electron chi connectivity index (χ1n) is 4.62. The van der Waals surface area contributed by atoms with Gasteiger partial charge in [-0.05, 0) is 35.4 Å². The summed E-state index contributed by atoms with van der Waals surface area (Å²) in [7, 11) is 0. The van der Waals surface area contributed by atoms with Crippen molar-refractivity contribution in [1.82, 2.24) is 0 Å². The topological polar surface area (TPSA) is 46.2 Å². The summed E-state index contributed by atoms with van der Waals surface area (Å²) in [5, 5.41) is 9.17. The van der Waals surface area contributed by atoms with E-state index < -0.39 is 17.4 Å². The van der Waals surface area contributed by atoms with Gasteiger partial charge >= 0.3 is 0 Å². The molecule has 0 aliphatic carbocycles. The molecule has 0 bridgehead atoms. The highest BCUT2D eigenvalue weighted by atomic mass is 19.2. The van der Waals surface area contributed by atoms with Gasteiger partial charge in [-0.1, -0.05) is 12.1 Å². The van der Waals surface area contributed by atoms with Gasteiger partial charge in [0.05, 0.1) is 0 Å². The van der Waals surface area contributed by atoms with Crippen LogP contribution in [0, 0.1) is 11.6 Å². The van der Waals surface area contributed by atoms with E-state index in [0.29, 0.717) is 16.8 Å². The number of phenolic OH excluding ortho intramolecular Hbond substituents is 1. The third-order valence-electron chi connectivity index (χ3n) is 2.23. The first-order chi connectivity index (χ1) is 7.58. The van der Waals surface area contributed by atoms with E-state index in [4.69, 9.17) is 10.8 Å². The molecule has 2 nitrogen and oxygen atoms in total. The lowest BCUT2D eigenvalue weighted by Gasteiger charge is -2.05. The molecule has 3 N–H and O–H groups in total. The van der Waals surface area contributed by atoms with Gasteiger partial charge in [0.25, 0.3) is 0 Å². The van der Waals surface area contributed by atoms with E-state index in [1.54, 1.807) is 24.3 Å². The van der Waals surface area contributed by atoms with E-state index in [0.717, 1.165) is 12.1 Å². The molecule has 0 amide bonds.